The Morgan fingerprint density at radius 2 is 1.76 bits per heavy atom. The second-order valence-electron chi connectivity index (χ2n) is 10.0. The van der Waals surface area contributed by atoms with Crippen LogP contribution < -0.4 is 4.74 Å². The number of H-pyrrole nitrogens is 1. The number of nitrogens with one attached hydrogen (secondary N) is 1. The Bertz CT molecular complexity index is 1720. The van der Waals surface area contributed by atoms with Crippen LogP contribution in [0.1, 0.15) is 48.5 Å². The van der Waals surface area contributed by atoms with Crippen LogP contribution in [0.3, 0.4) is 0 Å². The number of methoxy groups -OCH3 is 1. The van der Waals surface area contributed by atoms with Gasteiger partial charge >= 0.3 is 17.9 Å². The van der Waals surface area contributed by atoms with Crippen LogP contribution in [0.25, 0.3) is 39.2 Å². The highest BCUT2D eigenvalue weighted by molar-refractivity contribution is 6.04. The molecule has 0 amide bonds. The molecule has 0 atom stereocenters. The van der Waals surface area contributed by atoms with Crippen LogP contribution in [-0.2, 0) is 20.9 Å². The minimum absolute atomic E-state index is 0.0433. The molecule has 3 aromatic carbocycles. The molecular weight excluding hydrogens is 536 g/mol. The van der Waals surface area contributed by atoms with E-state index < -0.39 is 5.97 Å². The number of nitrogens with zero attached hydrogens (tertiary/aromatic N) is 5. The van der Waals surface area contributed by atoms with Crippen molar-refractivity contribution in [1.29, 1.82) is 0 Å². The minimum Gasteiger partial charge on any atom is -0.465 e. The smallest absolute Gasteiger partial charge is 0.340 e. The fourth-order valence-corrected chi connectivity index (χ4v) is 5.49. The second kappa shape index (κ2) is 11.8. The maximum absolute atomic E-state index is 12.9. The highest BCUT2D eigenvalue weighted by Gasteiger charge is 2.26. The van der Waals surface area contributed by atoms with E-state index in [1.54, 1.807) is 16.7 Å². The van der Waals surface area contributed by atoms with Gasteiger partial charge in [-0.2, -0.15) is 10.2 Å². The van der Waals surface area contributed by atoms with Crippen LogP contribution in [0.5, 0.6) is 6.01 Å². The zero-order chi connectivity index (χ0) is 29.1. The first kappa shape index (κ1) is 27.1. The predicted octanol–water partition coefficient (Wildman–Crippen LogP) is 5.29. The zero-order valence-electron chi connectivity index (χ0n) is 23.4. The van der Waals surface area contributed by atoms with Crippen LogP contribution in [0, 0.1) is 5.92 Å². The molecular formula is C31H30N6O5. The molecule has 214 valence electrons. The Hall–Kier alpha value is -5.06. The number of rotatable bonds is 9. The summed E-state index contributed by atoms with van der Waals surface area (Å²) in [5.41, 5.74) is 5.46. The second-order valence-corrected chi connectivity index (χ2v) is 10.0. The molecule has 6 rings (SSSR count). The van der Waals surface area contributed by atoms with Crippen molar-refractivity contribution in [3.63, 3.8) is 0 Å². The van der Waals surface area contributed by atoms with Gasteiger partial charge < -0.3 is 14.2 Å². The number of imidazole rings is 1. The molecule has 1 fully saturated rings. The Morgan fingerprint density at radius 1 is 1.00 bits per heavy atom. The Morgan fingerprint density at radius 3 is 2.45 bits per heavy atom. The van der Waals surface area contributed by atoms with Crippen molar-refractivity contribution in [2.75, 3.05) is 13.7 Å². The summed E-state index contributed by atoms with van der Waals surface area (Å²) in [7, 11) is 1.34. The molecule has 0 unspecified atom stereocenters. The molecule has 11 heteroatoms. The average molecular weight is 567 g/mol. The number of esters is 2. The van der Waals surface area contributed by atoms with Crippen molar-refractivity contribution in [1.82, 2.24) is 30.2 Å². The number of benzene rings is 3. The van der Waals surface area contributed by atoms with Crippen LogP contribution in [0.2, 0.25) is 0 Å². The van der Waals surface area contributed by atoms with Gasteiger partial charge in [0.15, 0.2) is 0 Å². The first-order valence-electron chi connectivity index (χ1n) is 13.9. The van der Waals surface area contributed by atoms with Crippen LogP contribution >= 0.6 is 0 Å². The number of aromatic nitrogens is 6. The molecule has 0 radical (unpaired) electrons. The Labute approximate surface area is 241 Å². The molecule has 42 heavy (non-hydrogen) atoms. The topological polar surface area (TPSA) is 134 Å². The number of carbonyl (C=O) groups excluding carboxylic acids is 2. The van der Waals surface area contributed by atoms with Crippen LogP contribution in [0.4, 0.5) is 0 Å². The molecule has 11 nitrogen and oxygen atoms in total. The fourth-order valence-electron chi connectivity index (χ4n) is 5.49. The molecule has 5 aromatic rings. The van der Waals surface area contributed by atoms with Gasteiger partial charge in [0.2, 0.25) is 5.82 Å². The van der Waals surface area contributed by atoms with E-state index >= 15 is 0 Å². The lowest BCUT2D eigenvalue weighted by Gasteiger charge is -2.14. The monoisotopic (exact) mass is 566 g/mol. The molecule has 0 aliphatic heterocycles. The highest BCUT2D eigenvalue weighted by atomic mass is 16.5. The fraction of sp³-hybridized carbons (Fsp3) is 0.290. The summed E-state index contributed by atoms with van der Waals surface area (Å²) in [6.45, 7) is 2.27. The van der Waals surface area contributed by atoms with Gasteiger partial charge in [-0.25, -0.2) is 4.79 Å². The number of aromatic amines is 1. The van der Waals surface area contributed by atoms with E-state index in [2.05, 4.69) is 20.6 Å². The normalized spacial score (nSPS) is 13.4. The van der Waals surface area contributed by atoms with E-state index in [-0.39, 0.29) is 18.5 Å². The van der Waals surface area contributed by atoms with E-state index in [0.29, 0.717) is 40.6 Å². The van der Waals surface area contributed by atoms with E-state index in [4.69, 9.17) is 19.2 Å². The number of ether oxygens (including phenoxy) is 3. The lowest BCUT2D eigenvalue weighted by molar-refractivity contribution is -0.149. The van der Waals surface area contributed by atoms with E-state index in [9.17, 15) is 9.59 Å². The van der Waals surface area contributed by atoms with Crippen LogP contribution in [0.15, 0.2) is 60.7 Å². The van der Waals surface area contributed by atoms with E-state index in [1.165, 1.54) is 7.11 Å². The van der Waals surface area contributed by atoms with Crippen molar-refractivity contribution in [3.05, 3.63) is 71.8 Å². The lowest BCUT2D eigenvalue weighted by atomic mass is 9.99. The van der Waals surface area contributed by atoms with Gasteiger partial charge in [0, 0.05) is 11.1 Å². The number of hydrogen-bond donors (Lipinski definition) is 1. The summed E-state index contributed by atoms with van der Waals surface area (Å²) in [6.07, 6.45) is 3.80. The number of fused-ring (bicyclic) bond motifs is 1. The third kappa shape index (κ3) is 5.09. The van der Waals surface area contributed by atoms with Gasteiger partial charge in [-0.15, -0.1) is 10.2 Å². The average Bonchev–Trinajstić information content (AvgIpc) is 3.82. The lowest BCUT2D eigenvalue weighted by Crippen LogP contribution is -2.14. The molecule has 0 saturated heterocycles. The van der Waals surface area contributed by atoms with Gasteiger partial charge in [0.1, 0.15) is 12.1 Å². The summed E-state index contributed by atoms with van der Waals surface area (Å²) in [6, 6.07) is 19.4. The largest absolute Gasteiger partial charge is 0.465 e. The number of tetrazole rings is 1. The van der Waals surface area contributed by atoms with Crippen molar-refractivity contribution in [3.8, 4) is 34.2 Å². The summed E-state index contributed by atoms with van der Waals surface area (Å²) in [5.74, 6) is -0.268. The van der Waals surface area contributed by atoms with E-state index in [1.807, 2.05) is 55.5 Å². The standard InChI is InChI=1S/C31H30N6O5/c1-3-41-31-32-26-21(18-42-29(38)20-8-4-5-9-20)14-17-25(30(39)40-2)27(26)37(31)22-15-12-19(13-16-22)23-10-6-7-11-24(23)28-33-35-36-34-28/h6-7,10-17,20H,3-5,8-9,18H2,1-2H3,(H,33,34,35,36). The Balaban J connectivity index is 1.43. The third-order valence-corrected chi connectivity index (χ3v) is 7.54. The van der Waals surface area contributed by atoms with Crippen molar-refractivity contribution in [2.24, 2.45) is 5.92 Å². The summed E-state index contributed by atoms with van der Waals surface area (Å²) in [5, 5.41) is 14.5. The number of carbonyl (C=O) groups is 2. The van der Waals surface area contributed by atoms with Crippen molar-refractivity contribution < 1.29 is 23.8 Å². The molecule has 1 saturated carbocycles. The van der Waals surface area contributed by atoms with Crippen LogP contribution in [-0.4, -0.2) is 55.8 Å². The van der Waals surface area contributed by atoms with Gasteiger partial charge in [-0.1, -0.05) is 55.3 Å². The molecule has 2 aromatic heterocycles. The van der Waals surface area contributed by atoms with Gasteiger partial charge in [0.05, 0.1) is 36.4 Å². The molecule has 0 spiro atoms. The van der Waals surface area contributed by atoms with Crippen molar-refractivity contribution in [2.45, 2.75) is 39.2 Å². The number of hydrogen-bond acceptors (Lipinski definition) is 9. The van der Waals surface area contributed by atoms with Crippen molar-refractivity contribution >= 4 is 23.0 Å². The minimum atomic E-state index is -0.510. The highest BCUT2D eigenvalue weighted by Crippen LogP contribution is 2.35. The first-order chi connectivity index (χ1) is 20.6. The summed E-state index contributed by atoms with van der Waals surface area (Å²) >= 11 is 0. The molecule has 2 heterocycles. The predicted molar refractivity (Wildman–Crippen MR) is 154 cm³/mol. The summed E-state index contributed by atoms with van der Waals surface area (Å²) < 4.78 is 18.6. The van der Waals surface area contributed by atoms with Gasteiger partial charge in [-0.05, 0) is 54.3 Å². The van der Waals surface area contributed by atoms with Gasteiger partial charge in [-0.3, -0.25) is 9.36 Å². The SMILES string of the molecule is CCOc1nc2c(COC(=O)C3CCCC3)ccc(C(=O)OC)c2n1-c1ccc(-c2ccccc2-c2nn[nH]n2)cc1. The maximum atomic E-state index is 12.9. The molecule has 1 aliphatic rings. The first-order valence-corrected chi connectivity index (χ1v) is 13.9. The van der Waals surface area contributed by atoms with E-state index in [0.717, 1.165) is 48.1 Å². The molecule has 1 N–H and O–H groups in total. The zero-order valence-corrected chi connectivity index (χ0v) is 23.4. The Kier molecular flexibility index (Phi) is 7.63. The summed E-state index contributed by atoms with van der Waals surface area (Å²) in [4.78, 5) is 30.3. The molecule has 0 bridgehead atoms. The maximum Gasteiger partial charge on any atom is 0.340 e. The van der Waals surface area contributed by atoms with Gasteiger partial charge in [0.25, 0.3) is 0 Å². The molecule has 1 aliphatic carbocycles. The quantitative estimate of drug-likeness (QED) is 0.236. The third-order valence-electron chi connectivity index (χ3n) is 7.54.